The van der Waals surface area contributed by atoms with E-state index in [4.69, 9.17) is 4.98 Å². The van der Waals surface area contributed by atoms with Gasteiger partial charge in [-0.15, -0.1) is 0 Å². The number of halogens is 1. The first-order chi connectivity index (χ1) is 17.8. The minimum absolute atomic E-state index is 0.0626. The standard InChI is InChI=1S/C26H20FN7O2S/c1-37(35,36)6-4-15-7-17(9-19(27)8-15)21-13-29-14-22-23(21)32-26(31-22)24-20-10-18(12-30-25(20)34-33-24)16-3-2-5-28-11-16/h2-3,5,7-14H,4,6H2,1H3,(H,31,32)(H,30,33,34). The Balaban J connectivity index is 1.44. The van der Waals surface area contributed by atoms with Gasteiger partial charge in [0.25, 0.3) is 0 Å². The van der Waals surface area contributed by atoms with Crippen molar-refractivity contribution in [3.05, 3.63) is 78.8 Å². The molecule has 184 valence electrons. The van der Waals surface area contributed by atoms with Crippen LogP contribution in [0.4, 0.5) is 4.39 Å². The molecule has 1 aromatic carbocycles. The predicted molar refractivity (Wildman–Crippen MR) is 139 cm³/mol. The van der Waals surface area contributed by atoms with Gasteiger partial charge in [-0.05, 0) is 41.8 Å². The molecule has 2 N–H and O–H groups in total. The number of nitrogens with zero attached hydrogens (tertiary/aromatic N) is 5. The Morgan fingerprint density at radius 3 is 2.68 bits per heavy atom. The highest BCUT2D eigenvalue weighted by molar-refractivity contribution is 7.90. The molecule has 6 aromatic rings. The van der Waals surface area contributed by atoms with Crippen molar-refractivity contribution < 1.29 is 12.8 Å². The van der Waals surface area contributed by atoms with Crippen molar-refractivity contribution in [1.82, 2.24) is 35.1 Å². The summed E-state index contributed by atoms with van der Waals surface area (Å²) in [6, 6.07) is 10.3. The molecule has 5 aromatic heterocycles. The van der Waals surface area contributed by atoms with Crippen LogP contribution >= 0.6 is 0 Å². The summed E-state index contributed by atoms with van der Waals surface area (Å²) in [5, 5.41) is 8.12. The molecule has 0 saturated carbocycles. The van der Waals surface area contributed by atoms with Gasteiger partial charge in [-0.2, -0.15) is 5.10 Å². The number of hydrogen-bond acceptors (Lipinski definition) is 7. The first kappa shape index (κ1) is 22.9. The maximum Gasteiger partial charge on any atom is 0.181 e. The molecule has 0 unspecified atom stereocenters. The zero-order chi connectivity index (χ0) is 25.6. The van der Waals surface area contributed by atoms with Crippen molar-refractivity contribution in [2.75, 3.05) is 12.0 Å². The van der Waals surface area contributed by atoms with Gasteiger partial charge in [0.2, 0.25) is 0 Å². The van der Waals surface area contributed by atoms with Crippen molar-refractivity contribution in [1.29, 1.82) is 0 Å². The third kappa shape index (κ3) is 4.56. The number of H-pyrrole nitrogens is 2. The molecule has 0 atom stereocenters. The summed E-state index contributed by atoms with van der Waals surface area (Å²) in [4.78, 5) is 21.0. The molecule has 37 heavy (non-hydrogen) atoms. The van der Waals surface area contributed by atoms with Crippen LogP contribution in [0.25, 0.3) is 55.8 Å². The van der Waals surface area contributed by atoms with Crippen LogP contribution in [0.15, 0.2) is 67.4 Å². The van der Waals surface area contributed by atoms with E-state index in [0.717, 1.165) is 22.8 Å². The van der Waals surface area contributed by atoms with Crippen LogP contribution in [0.3, 0.4) is 0 Å². The number of nitrogens with one attached hydrogen (secondary N) is 2. The molecule has 0 spiro atoms. The van der Waals surface area contributed by atoms with E-state index in [9.17, 15) is 12.8 Å². The lowest BCUT2D eigenvalue weighted by Gasteiger charge is -2.07. The van der Waals surface area contributed by atoms with Crippen LogP contribution in [0.5, 0.6) is 0 Å². The van der Waals surface area contributed by atoms with Crippen molar-refractivity contribution in [2.24, 2.45) is 0 Å². The lowest BCUT2D eigenvalue weighted by molar-refractivity contribution is 0.600. The van der Waals surface area contributed by atoms with Crippen LogP contribution in [-0.2, 0) is 16.3 Å². The highest BCUT2D eigenvalue weighted by Gasteiger charge is 2.17. The minimum atomic E-state index is -3.18. The number of aryl methyl sites for hydroxylation is 1. The Hall–Kier alpha value is -4.51. The lowest BCUT2D eigenvalue weighted by Crippen LogP contribution is -2.06. The van der Waals surface area contributed by atoms with Crippen LogP contribution in [-0.4, -0.2) is 55.5 Å². The first-order valence-corrected chi connectivity index (χ1v) is 13.5. The fraction of sp³-hybridized carbons (Fsp3) is 0.115. The smallest absolute Gasteiger partial charge is 0.181 e. The summed E-state index contributed by atoms with van der Waals surface area (Å²) in [7, 11) is -3.18. The molecule has 0 radical (unpaired) electrons. The van der Waals surface area contributed by atoms with Gasteiger partial charge in [0.05, 0.1) is 28.4 Å². The Labute approximate surface area is 210 Å². The molecule has 11 heteroatoms. The average molecular weight is 514 g/mol. The summed E-state index contributed by atoms with van der Waals surface area (Å²) in [6.45, 7) is 0. The quantitative estimate of drug-likeness (QED) is 0.339. The number of pyridine rings is 3. The molecule has 0 aliphatic rings. The van der Waals surface area contributed by atoms with E-state index in [1.807, 2.05) is 18.2 Å². The SMILES string of the molecule is CS(=O)(=O)CCc1cc(F)cc(-c2cncc3[nH]c(-c4[nH]nc5ncc(-c6cccnc6)cc45)nc23)c1. The van der Waals surface area contributed by atoms with Gasteiger partial charge in [0.15, 0.2) is 11.5 Å². The van der Waals surface area contributed by atoms with Crippen molar-refractivity contribution in [3.8, 4) is 33.8 Å². The highest BCUT2D eigenvalue weighted by atomic mass is 32.2. The third-order valence-electron chi connectivity index (χ3n) is 6.07. The number of hydrogen-bond donors (Lipinski definition) is 2. The zero-order valence-electron chi connectivity index (χ0n) is 19.6. The van der Waals surface area contributed by atoms with Crippen LogP contribution < -0.4 is 0 Å². The van der Waals surface area contributed by atoms with E-state index in [-0.39, 0.29) is 12.2 Å². The van der Waals surface area contributed by atoms with Gasteiger partial charge < -0.3 is 4.98 Å². The van der Waals surface area contributed by atoms with E-state index >= 15 is 0 Å². The maximum absolute atomic E-state index is 14.5. The molecule has 6 rings (SSSR count). The molecule has 0 saturated heterocycles. The second-order valence-electron chi connectivity index (χ2n) is 8.83. The second kappa shape index (κ2) is 8.86. The molecule has 0 aliphatic heterocycles. The number of imidazole rings is 1. The van der Waals surface area contributed by atoms with Gasteiger partial charge in [-0.25, -0.2) is 22.8 Å². The van der Waals surface area contributed by atoms with Gasteiger partial charge >= 0.3 is 0 Å². The van der Waals surface area contributed by atoms with Gasteiger partial charge in [0.1, 0.15) is 21.3 Å². The predicted octanol–water partition coefficient (Wildman–Crippen LogP) is 4.35. The Bertz CT molecular complexity index is 1880. The zero-order valence-corrected chi connectivity index (χ0v) is 20.4. The average Bonchev–Trinajstić information content (AvgIpc) is 3.51. The number of aromatic nitrogens is 7. The van der Waals surface area contributed by atoms with Crippen LogP contribution in [0.2, 0.25) is 0 Å². The number of aromatic amines is 2. The summed E-state index contributed by atoms with van der Waals surface area (Å²) in [5.41, 5.74) is 6.05. The Morgan fingerprint density at radius 2 is 1.86 bits per heavy atom. The summed E-state index contributed by atoms with van der Waals surface area (Å²) in [5.74, 6) is 0.0141. The van der Waals surface area contributed by atoms with E-state index in [1.165, 1.54) is 12.1 Å². The monoisotopic (exact) mass is 513 g/mol. The molecular formula is C26H20FN7O2S. The number of sulfone groups is 1. The molecule has 0 bridgehead atoms. The van der Waals surface area contributed by atoms with Gasteiger partial charge in [-0.1, -0.05) is 12.1 Å². The summed E-state index contributed by atoms with van der Waals surface area (Å²) < 4.78 is 37.7. The molecule has 5 heterocycles. The number of benzene rings is 1. The van der Waals surface area contributed by atoms with Crippen molar-refractivity contribution in [3.63, 3.8) is 0 Å². The molecule has 0 aliphatic carbocycles. The van der Waals surface area contributed by atoms with E-state index in [2.05, 4.69) is 30.1 Å². The molecular weight excluding hydrogens is 493 g/mol. The van der Waals surface area contributed by atoms with E-state index < -0.39 is 15.7 Å². The van der Waals surface area contributed by atoms with Crippen LogP contribution in [0, 0.1) is 5.82 Å². The lowest BCUT2D eigenvalue weighted by atomic mass is 10.0. The second-order valence-corrected chi connectivity index (χ2v) is 11.1. The minimum Gasteiger partial charge on any atom is -0.335 e. The fourth-order valence-electron chi connectivity index (χ4n) is 4.29. The van der Waals surface area contributed by atoms with Gasteiger partial charge in [-0.3, -0.25) is 15.1 Å². The number of fused-ring (bicyclic) bond motifs is 2. The molecule has 0 fully saturated rings. The molecule has 9 nitrogen and oxygen atoms in total. The van der Waals surface area contributed by atoms with Gasteiger partial charge in [0, 0.05) is 47.7 Å². The largest absolute Gasteiger partial charge is 0.335 e. The Kier molecular flexibility index (Phi) is 5.49. The first-order valence-electron chi connectivity index (χ1n) is 11.4. The van der Waals surface area contributed by atoms with Crippen molar-refractivity contribution >= 4 is 31.9 Å². The maximum atomic E-state index is 14.5. The summed E-state index contributed by atoms with van der Waals surface area (Å²) >= 11 is 0. The van der Waals surface area contributed by atoms with Crippen LogP contribution in [0.1, 0.15) is 5.56 Å². The number of rotatable bonds is 6. The fourth-order valence-corrected chi connectivity index (χ4v) is 4.89. The normalized spacial score (nSPS) is 11.9. The molecule has 0 amide bonds. The van der Waals surface area contributed by atoms with Crippen molar-refractivity contribution in [2.45, 2.75) is 6.42 Å². The highest BCUT2D eigenvalue weighted by Crippen LogP contribution is 2.32. The van der Waals surface area contributed by atoms with E-state index in [1.54, 1.807) is 37.1 Å². The topological polar surface area (TPSA) is 130 Å². The van der Waals surface area contributed by atoms with E-state index in [0.29, 0.717) is 44.9 Å². The third-order valence-corrected chi connectivity index (χ3v) is 7.01. The summed E-state index contributed by atoms with van der Waals surface area (Å²) in [6.07, 6.45) is 9.88. The Morgan fingerprint density at radius 1 is 0.973 bits per heavy atom.